The Labute approximate surface area is 129 Å². The van der Waals surface area contributed by atoms with Gasteiger partial charge in [-0.05, 0) is 31.4 Å². The van der Waals surface area contributed by atoms with E-state index in [1.54, 1.807) is 6.92 Å². The van der Waals surface area contributed by atoms with Crippen LogP contribution in [0.4, 0.5) is 4.39 Å². The Morgan fingerprint density at radius 2 is 2.24 bits per heavy atom. The zero-order chi connectivity index (χ0) is 16.0. The molecule has 6 heteroatoms. The van der Waals surface area contributed by atoms with Crippen molar-refractivity contribution in [3.8, 4) is 5.75 Å². The summed E-state index contributed by atoms with van der Waals surface area (Å²) in [6.07, 6.45) is 0.00948. The third-order valence-corrected chi connectivity index (χ3v) is 3.22. The number of aliphatic hydroxyl groups excluding tert-OH is 1. The number of hydrogen-bond donors (Lipinski definition) is 2. The number of halogens is 2. The van der Waals surface area contributed by atoms with Crippen LogP contribution in [0.2, 0.25) is 5.02 Å². The molecule has 0 aliphatic carbocycles. The summed E-state index contributed by atoms with van der Waals surface area (Å²) in [5, 5.41) is 17.6. The highest BCUT2D eigenvalue weighted by atomic mass is 35.5. The van der Waals surface area contributed by atoms with E-state index < -0.39 is 17.8 Å². The predicted molar refractivity (Wildman–Crippen MR) is 80.9 cm³/mol. The van der Waals surface area contributed by atoms with Gasteiger partial charge in [-0.3, -0.25) is 5.41 Å². The number of aryl methyl sites for hydroxylation is 1. The quantitative estimate of drug-likeness (QED) is 0.657. The van der Waals surface area contributed by atoms with Crippen molar-refractivity contribution in [3.63, 3.8) is 0 Å². The van der Waals surface area contributed by atoms with Crippen LogP contribution in [0.15, 0.2) is 6.07 Å². The van der Waals surface area contributed by atoms with E-state index in [0.29, 0.717) is 13.0 Å². The maximum Gasteiger partial charge on any atom is 0.215 e. The van der Waals surface area contributed by atoms with Gasteiger partial charge in [0.2, 0.25) is 5.90 Å². The lowest BCUT2D eigenvalue weighted by Crippen LogP contribution is -2.20. The number of rotatable bonds is 3. The Morgan fingerprint density at radius 3 is 2.86 bits per heavy atom. The summed E-state index contributed by atoms with van der Waals surface area (Å²) in [6, 6.07) is 1.51. The predicted octanol–water partition coefficient (Wildman–Crippen LogP) is 3.88. The third-order valence-electron chi connectivity index (χ3n) is 2.94. The van der Waals surface area contributed by atoms with Crippen molar-refractivity contribution in [2.45, 2.75) is 39.7 Å². The number of hydrogen-bond acceptors (Lipinski definition) is 4. The van der Waals surface area contributed by atoms with Crippen LogP contribution in [0.1, 0.15) is 44.4 Å². The van der Waals surface area contributed by atoms with Crippen molar-refractivity contribution < 1.29 is 19.0 Å². The van der Waals surface area contributed by atoms with Crippen molar-refractivity contribution in [1.82, 2.24) is 0 Å². The van der Waals surface area contributed by atoms with Gasteiger partial charge in [-0.25, -0.2) is 4.39 Å². The lowest BCUT2D eigenvalue weighted by Gasteiger charge is -2.24. The Hall–Kier alpha value is -1.33. The van der Waals surface area contributed by atoms with Crippen LogP contribution in [-0.4, -0.2) is 24.2 Å². The summed E-state index contributed by atoms with van der Waals surface area (Å²) in [7, 11) is 0. The molecular weight excluding hydrogens is 297 g/mol. The molecule has 1 unspecified atom stereocenters. The molecule has 118 valence electrons. The molecule has 0 fully saturated rings. The van der Waals surface area contributed by atoms with Crippen molar-refractivity contribution in [3.05, 3.63) is 28.0 Å². The van der Waals surface area contributed by atoms with Crippen LogP contribution in [-0.2, 0) is 11.2 Å². The second-order valence-electron chi connectivity index (χ2n) is 4.23. The lowest BCUT2D eigenvalue weighted by atomic mass is 9.98. The molecule has 0 saturated carbocycles. The van der Waals surface area contributed by atoms with Crippen LogP contribution in [0.3, 0.4) is 0 Å². The molecule has 0 saturated heterocycles. The van der Waals surface area contributed by atoms with Gasteiger partial charge in [0.1, 0.15) is 5.75 Å². The maximum atomic E-state index is 14.1. The van der Waals surface area contributed by atoms with E-state index in [4.69, 9.17) is 26.5 Å². The molecule has 0 radical (unpaired) electrons. The van der Waals surface area contributed by atoms with Gasteiger partial charge in [0.05, 0.1) is 23.8 Å². The fourth-order valence-electron chi connectivity index (χ4n) is 2.09. The van der Waals surface area contributed by atoms with Gasteiger partial charge in [0, 0.05) is 0 Å². The summed E-state index contributed by atoms with van der Waals surface area (Å²) in [6.45, 7) is 6.36. The molecule has 4 nitrogen and oxygen atoms in total. The van der Waals surface area contributed by atoms with Gasteiger partial charge >= 0.3 is 0 Å². The Kier molecular flexibility index (Phi) is 6.92. The van der Waals surface area contributed by atoms with E-state index in [9.17, 15) is 9.50 Å². The van der Waals surface area contributed by atoms with E-state index in [2.05, 4.69) is 0 Å². The van der Waals surface area contributed by atoms with Crippen LogP contribution < -0.4 is 4.74 Å². The number of ether oxygens (including phenoxy) is 2. The van der Waals surface area contributed by atoms with Crippen molar-refractivity contribution in [2.24, 2.45) is 0 Å². The minimum atomic E-state index is -1.51. The Balaban J connectivity index is 0.00000106. The molecule has 1 heterocycles. The first-order valence-electron chi connectivity index (χ1n) is 7.09. The van der Waals surface area contributed by atoms with Crippen molar-refractivity contribution >= 4 is 17.5 Å². The first-order chi connectivity index (χ1) is 10.1. The summed E-state index contributed by atoms with van der Waals surface area (Å²) >= 11 is 5.82. The molecule has 1 aliphatic rings. The van der Waals surface area contributed by atoms with Gasteiger partial charge in [0.15, 0.2) is 11.9 Å². The Bertz CT molecular complexity index is 508. The minimum absolute atomic E-state index is 0.0809. The van der Waals surface area contributed by atoms with Gasteiger partial charge in [-0.2, -0.15) is 0 Å². The van der Waals surface area contributed by atoms with Gasteiger partial charge in [-0.1, -0.05) is 25.4 Å². The molecule has 1 aliphatic heterocycles. The molecule has 21 heavy (non-hydrogen) atoms. The molecule has 0 aromatic heterocycles. The van der Waals surface area contributed by atoms with Gasteiger partial charge in [0.25, 0.3) is 0 Å². The van der Waals surface area contributed by atoms with Crippen molar-refractivity contribution in [2.75, 3.05) is 13.2 Å². The third kappa shape index (κ3) is 3.86. The lowest BCUT2D eigenvalue weighted by molar-refractivity contribution is 0.178. The van der Waals surface area contributed by atoms with Crippen LogP contribution in [0, 0.1) is 11.2 Å². The highest BCUT2D eigenvalue weighted by Crippen LogP contribution is 2.38. The smallest absolute Gasteiger partial charge is 0.215 e. The summed E-state index contributed by atoms with van der Waals surface area (Å²) in [4.78, 5) is 0. The second kappa shape index (κ2) is 8.20. The van der Waals surface area contributed by atoms with Crippen LogP contribution >= 0.6 is 11.6 Å². The van der Waals surface area contributed by atoms with Gasteiger partial charge in [-0.15, -0.1) is 0 Å². The number of aliphatic hydroxyl groups is 1. The van der Waals surface area contributed by atoms with E-state index in [1.165, 1.54) is 6.07 Å². The normalized spacial score (nSPS) is 14.2. The van der Waals surface area contributed by atoms with E-state index >= 15 is 0 Å². The summed E-state index contributed by atoms with van der Waals surface area (Å²) < 4.78 is 24.5. The fraction of sp³-hybridized carbons (Fsp3) is 0.533. The number of benzene rings is 1. The first kappa shape index (κ1) is 17.7. The monoisotopic (exact) mass is 317 g/mol. The zero-order valence-corrected chi connectivity index (χ0v) is 13.3. The standard InChI is InChI=1S/C13H15ClFNO3.C2H6/c1-2-18-13(16)11(17)9-10(15)8(14)6-7-4-3-5-19-12(7)9;1-2/h6,11,16-17H,2-5H2,1H3;1-2H3. The minimum Gasteiger partial charge on any atom is -0.493 e. The largest absolute Gasteiger partial charge is 0.493 e. The molecule has 1 aromatic carbocycles. The molecule has 2 rings (SSSR count). The molecule has 1 atom stereocenters. The van der Waals surface area contributed by atoms with Crippen molar-refractivity contribution in [1.29, 1.82) is 5.41 Å². The Morgan fingerprint density at radius 1 is 1.57 bits per heavy atom. The van der Waals surface area contributed by atoms with E-state index in [-0.39, 0.29) is 22.9 Å². The molecule has 0 bridgehead atoms. The SMILES string of the molecule is CC.CCOC(=N)C(O)c1c(F)c(Cl)cc2c1OCCC2. The van der Waals surface area contributed by atoms with Crippen LogP contribution in [0.25, 0.3) is 0 Å². The average Bonchev–Trinajstić information content (AvgIpc) is 2.50. The summed E-state index contributed by atoms with van der Waals surface area (Å²) in [5.74, 6) is -0.899. The second-order valence-corrected chi connectivity index (χ2v) is 4.63. The highest BCUT2D eigenvalue weighted by molar-refractivity contribution is 6.31. The highest BCUT2D eigenvalue weighted by Gasteiger charge is 2.29. The fourth-order valence-corrected chi connectivity index (χ4v) is 2.32. The first-order valence-corrected chi connectivity index (χ1v) is 7.47. The number of fused-ring (bicyclic) bond motifs is 1. The molecular formula is C15H21ClFNO3. The maximum absolute atomic E-state index is 14.1. The molecule has 0 amide bonds. The van der Waals surface area contributed by atoms with Gasteiger partial charge < -0.3 is 14.6 Å². The molecule has 1 aromatic rings. The average molecular weight is 318 g/mol. The molecule has 0 spiro atoms. The number of nitrogens with one attached hydrogen (secondary N) is 1. The van der Waals surface area contributed by atoms with E-state index in [1.807, 2.05) is 13.8 Å². The topological polar surface area (TPSA) is 62.5 Å². The summed E-state index contributed by atoms with van der Waals surface area (Å²) in [5.41, 5.74) is 0.636. The zero-order valence-electron chi connectivity index (χ0n) is 12.5. The van der Waals surface area contributed by atoms with E-state index in [0.717, 1.165) is 12.0 Å². The van der Waals surface area contributed by atoms with Crippen LogP contribution in [0.5, 0.6) is 5.75 Å². The molecule has 2 N–H and O–H groups in total.